The Hall–Kier alpha value is -6.85. The van der Waals surface area contributed by atoms with E-state index in [9.17, 15) is 0 Å². The molecule has 62 heavy (non-hydrogen) atoms. The van der Waals surface area contributed by atoms with Gasteiger partial charge < -0.3 is 4.57 Å². The Balaban J connectivity index is 1.13. The highest BCUT2D eigenvalue weighted by molar-refractivity contribution is 6.20. The summed E-state index contributed by atoms with van der Waals surface area (Å²) < 4.78 is 4.84. The standard InChI is InChI=1S/C57H49N5/c1-34-33-57(7)45-20-13-18-41-43-31-42-40-17-11-12-21-46(40)62(49(42)32-48(43)61(51(41)45)47-22-14-19-44(50(47)57)56(34,5)6)54-59-52(37-25-23-36(24-26-37)35-15-9-8-10-16-35)58-53(60-54)38-27-29-39(30-28-38)55(2,3)4/h8-32,34H,33H2,1-7H3. The van der Waals surface area contributed by atoms with Gasteiger partial charge >= 0.3 is 0 Å². The van der Waals surface area contributed by atoms with Crippen LogP contribution in [-0.2, 0) is 16.2 Å². The first-order valence-corrected chi connectivity index (χ1v) is 22.1. The smallest absolute Gasteiger partial charge is 0.238 e. The van der Waals surface area contributed by atoms with Crippen molar-refractivity contribution in [3.05, 3.63) is 174 Å². The van der Waals surface area contributed by atoms with Gasteiger partial charge in [0.15, 0.2) is 11.6 Å². The van der Waals surface area contributed by atoms with E-state index in [0.29, 0.717) is 23.5 Å². The Labute approximate surface area is 362 Å². The molecule has 5 nitrogen and oxygen atoms in total. The highest BCUT2D eigenvalue weighted by Gasteiger charge is 2.49. The van der Waals surface area contributed by atoms with Crippen LogP contribution in [0.3, 0.4) is 0 Å². The number of aromatic nitrogens is 5. The second kappa shape index (κ2) is 12.8. The molecule has 0 saturated carbocycles. The van der Waals surface area contributed by atoms with Gasteiger partial charge in [0.1, 0.15) is 0 Å². The van der Waals surface area contributed by atoms with Gasteiger partial charge in [-0.1, -0.05) is 176 Å². The molecular weight excluding hydrogens is 755 g/mol. The molecule has 0 fully saturated rings. The Morgan fingerprint density at radius 2 is 1.10 bits per heavy atom. The third-order valence-electron chi connectivity index (χ3n) is 14.7. The summed E-state index contributed by atoms with van der Waals surface area (Å²) in [5, 5.41) is 4.91. The van der Waals surface area contributed by atoms with Gasteiger partial charge in [0, 0.05) is 38.1 Å². The van der Waals surface area contributed by atoms with Crippen molar-refractivity contribution >= 4 is 43.6 Å². The van der Waals surface area contributed by atoms with Gasteiger partial charge in [0.2, 0.25) is 5.95 Å². The molecule has 10 aromatic rings. The molecule has 0 radical (unpaired) electrons. The van der Waals surface area contributed by atoms with Crippen molar-refractivity contribution in [3.8, 4) is 45.5 Å². The summed E-state index contributed by atoms with van der Waals surface area (Å²) in [6.07, 6.45) is 1.11. The molecule has 3 aromatic heterocycles. The normalized spacial score (nSPS) is 17.9. The molecular formula is C57H49N5. The van der Waals surface area contributed by atoms with Crippen LogP contribution in [0, 0.1) is 5.92 Å². The van der Waals surface area contributed by atoms with Gasteiger partial charge in [-0.05, 0) is 80.8 Å². The highest BCUT2D eigenvalue weighted by atomic mass is 15.2. The summed E-state index contributed by atoms with van der Waals surface area (Å²) in [6.45, 7) is 16.6. The largest absolute Gasteiger partial charge is 0.309 e. The minimum absolute atomic E-state index is 0.0266. The van der Waals surface area contributed by atoms with Gasteiger partial charge in [-0.2, -0.15) is 9.97 Å². The van der Waals surface area contributed by atoms with E-state index in [1.54, 1.807) is 0 Å². The van der Waals surface area contributed by atoms with Crippen molar-refractivity contribution in [2.24, 2.45) is 5.92 Å². The average Bonchev–Trinajstić information content (AvgIpc) is 3.79. The van der Waals surface area contributed by atoms with Crippen LogP contribution in [0.4, 0.5) is 0 Å². The summed E-state index contributed by atoms with van der Waals surface area (Å²) >= 11 is 0. The Kier molecular flexibility index (Phi) is 7.65. The maximum absolute atomic E-state index is 5.36. The first-order valence-electron chi connectivity index (χ1n) is 22.1. The highest BCUT2D eigenvalue weighted by Crippen LogP contribution is 2.58. The molecule has 12 rings (SSSR count). The predicted octanol–water partition coefficient (Wildman–Crippen LogP) is 14.3. The number of rotatable bonds is 4. The van der Waals surface area contributed by atoms with Crippen molar-refractivity contribution in [1.82, 2.24) is 24.1 Å². The van der Waals surface area contributed by atoms with Crippen molar-refractivity contribution in [1.29, 1.82) is 0 Å². The SMILES string of the molecule is CC1CC2(C)c3c(cccc3C1(C)C)-n1c3cc4c(cc3c3cccc2c31)c1ccccc1n4-c1nc(-c2ccc(-c3ccccc3)cc2)nc(-c2ccc(C(C)(C)C)cc2)n1. The molecule has 302 valence electrons. The van der Waals surface area contributed by atoms with Crippen LogP contribution in [0.2, 0.25) is 0 Å². The zero-order valence-electron chi connectivity index (χ0n) is 36.5. The Bertz CT molecular complexity index is 3450. The molecule has 0 bridgehead atoms. The average molecular weight is 804 g/mol. The number of hydrogen-bond donors (Lipinski definition) is 0. The summed E-state index contributed by atoms with van der Waals surface area (Å²) in [5.74, 6) is 2.41. The van der Waals surface area contributed by atoms with Crippen LogP contribution in [0.1, 0.15) is 77.1 Å². The third-order valence-corrected chi connectivity index (χ3v) is 14.7. The maximum Gasteiger partial charge on any atom is 0.238 e. The topological polar surface area (TPSA) is 48.5 Å². The summed E-state index contributed by atoms with van der Waals surface area (Å²) in [5.41, 5.74) is 15.8. The molecule has 0 saturated heterocycles. The molecule has 2 aliphatic rings. The second-order valence-corrected chi connectivity index (χ2v) is 19.7. The zero-order valence-corrected chi connectivity index (χ0v) is 36.5. The molecule has 7 aromatic carbocycles. The first-order chi connectivity index (χ1) is 29.9. The molecule has 0 amide bonds. The zero-order chi connectivity index (χ0) is 42.3. The summed E-state index contributed by atoms with van der Waals surface area (Å²) in [4.78, 5) is 15.9. The second-order valence-electron chi connectivity index (χ2n) is 19.7. The third kappa shape index (κ3) is 5.17. The number of para-hydroxylation sites is 2. The Morgan fingerprint density at radius 3 is 1.82 bits per heavy atom. The van der Waals surface area contributed by atoms with Crippen LogP contribution in [0.15, 0.2) is 152 Å². The fraction of sp³-hybridized carbons (Fsp3) is 0.211. The maximum atomic E-state index is 5.36. The number of nitrogens with zero attached hydrogens (tertiary/aromatic N) is 5. The van der Waals surface area contributed by atoms with Gasteiger partial charge in [-0.15, -0.1) is 0 Å². The quantitative estimate of drug-likeness (QED) is 0.178. The molecule has 2 atom stereocenters. The van der Waals surface area contributed by atoms with Crippen LogP contribution < -0.4 is 0 Å². The minimum Gasteiger partial charge on any atom is -0.309 e. The molecule has 1 aliphatic heterocycles. The Morgan fingerprint density at radius 1 is 0.516 bits per heavy atom. The van der Waals surface area contributed by atoms with E-state index in [2.05, 4.69) is 209 Å². The van der Waals surface area contributed by atoms with E-state index >= 15 is 0 Å². The van der Waals surface area contributed by atoms with Crippen LogP contribution >= 0.6 is 0 Å². The van der Waals surface area contributed by atoms with E-state index < -0.39 is 0 Å². The molecule has 2 unspecified atom stereocenters. The number of fused-ring (bicyclic) bond motifs is 8. The monoisotopic (exact) mass is 803 g/mol. The van der Waals surface area contributed by atoms with E-state index in [4.69, 9.17) is 15.0 Å². The fourth-order valence-corrected chi connectivity index (χ4v) is 11.0. The lowest BCUT2D eigenvalue weighted by molar-refractivity contribution is 0.244. The first kappa shape index (κ1) is 37.0. The van der Waals surface area contributed by atoms with Crippen LogP contribution in [0.25, 0.3) is 89.2 Å². The van der Waals surface area contributed by atoms with Crippen molar-refractivity contribution < 1.29 is 0 Å². The lowest BCUT2D eigenvalue weighted by Crippen LogP contribution is -2.44. The fourth-order valence-electron chi connectivity index (χ4n) is 11.0. The van der Waals surface area contributed by atoms with Crippen molar-refractivity contribution in [3.63, 3.8) is 0 Å². The van der Waals surface area contributed by atoms with Crippen molar-refractivity contribution in [2.45, 2.75) is 71.1 Å². The van der Waals surface area contributed by atoms with E-state index in [0.717, 1.165) is 34.1 Å². The lowest BCUT2D eigenvalue weighted by Gasteiger charge is -2.50. The molecule has 0 N–H and O–H groups in total. The predicted molar refractivity (Wildman–Crippen MR) is 257 cm³/mol. The molecule has 1 aliphatic carbocycles. The molecule has 5 heteroatoms. The van der Waals surface area contributed by atoms with E-state index in [1.165, 1.54) is 66.1 Å². The number of hydrogen-bond acceptors (Lipinski definition) is 3. The van der Waals surface area contributed by atoms with Gasteiger partial charge in [0.25, 0.3) is 0 Å². The van der Waals surface area contributed by atoms with Crippen molar-refractivity contribution in [2.75, 3.05) is 0 Å². The van der Waals surface area contributed by atoms with E-state index in [1.807, 2.05) is 0 Å². The van der Waals surface area contributed by atoms with Gasteiger partial charge in [-0.3, -0.25) is 4.57 Å². The van der Waals surface area contributed by atoms with Crippen LogP contribution in [-0.4, -0.2) is 24.1 Å². The van der Waals surface area contributed by atoms with Gasteiger partial charge in [0.05, 0.1) is 27.8 Å². The minimum atomic E-state index is -0.0891. The summed E-state index contributed by atoms with van der Waals surface area (Å²) in [6, 6.07) is 55.4. The van der Waals surface area contributed by atoms with Gasteiger partial charge in [-0.25, -0.2) is 4.98 Å². The number of benzene rings is 7. The van der Waals surface area contributed by atoms with Crippen LogP contribution in [0.5, 0.6) is 0 Å². The molecule has 4 heterocycles. The summed E-state index contributed by atoms with van der Waals surface area (Å²) in [7, 11) is 0. The lowest BCUT2D eigenvalue weighted by atomic mass is 9.54. The van der Waals surface area contributed by atoms with E-state index in [-0.39, 0.29) is 16.2 Å². The molecule has 0 spiro atoms.